The van der Waals surface area contributed by atoms with Gasteiger partial charge in [-0.3, -0.25) is 9.78 Å². The number of hydrogen-bond donors (Lipinski definition) is 0. The lowest BCUT2D eigenvalue weighted by Crippen LogP contribution is -2.31. The van der Waals surface area contributed by atoms with E-state index in [2.05, 4.69) is 15.2 Å². The SMILES string of the molecule is Cc1cccc(C(=O)N2CCCC2c2nnc(-c3cccnc3)o2)c1C. The van der Waals surface area contributed by atoms with Crippen molar-refractivity contribution in [2.24, 2.45) is 0 Å². The molecular weight excluding hydrogens is 328 g/mol. The first-order valence-corrected chi connectivity index (χ1v) is 8.76. The summed E-state index contributed by atoms with van der Waals surface area (Å²) in [5, 5.41) is 8.34. The third-order valence-electron chi connectivity index (χ3n) is 4.98. The second-order valence-electron chi connectivity index (χ2n) is 6.59. The molecule has 6 heteroatoms. The van der Waals surface area contributed by atoms with Gasteiger partial charge in [0, 0.05) is 24.5 Å². The van der Waals surface area contributed by atoms with Crippen LogP contribution in [0.15, 0.2) is 47.1 Å². The molecule has 26 heavy (non-hydrogen) atoms. The molecule has 1 fully saturated rings. The minimum absolute atomic E-state index is 0.0230. The predicted molar refractivity (Wildman–Crippen MR) is 96.5 cm³/mol. The zero-order valence-electron chi connectivity index (χ0n) is 14.8. The quantitative estimate of drug-likeness (QED) is 0.721. The summed E-state index contributed by atoms with van der Waals surface area (Å²) in [6.07, 6.45) is 5.13. The first-order chi connectivity index (χ1) is 12.6. The summed E-state index contributed by atoms with van der Waals surface area (Å²) in [6, 6.07) is 9.35. The minimum atomic E-state index is -0.180. The second kappa shape index (κ2) is 6.71. The van der Waals surface area contributed by atoms with E-state index in [1.54, 1.807) is 12.4 Å². The van der Waals surface area contributed by atoms with Crippen molar-refractivity contribution in [1.82, 2.24) is 20.1 Å². The predicted octanol–water partition coefficient (Wildman–Crippen LogP) is 3.73. The van der Waals surface area contributed by atoms with Gasteiger partial charge in [0.15, 0.2) is 0 Å². The summed E-state index contributed by atoms with van der Waals surface area (Å²) >= 11 is 0. The monoisotopic (exact) mass is 348 g/mol. The molecule has 1 amide bonds. The van der Waals surface area contributed by atoms with Gasteiger partial charge < -0.3 is 9.32 Å². The van der Waals surface area contributed by atoms with Gasteiger partial charge in [0.05, 0.1) is 5.56 Å². The fraction of sp³-hybridized carbons (Fsp3) is 0.300. The van der Waals surface area contributed by atoms with Crippen LogP contribution in [0.4, 0.5) is 0 Å². The molecule has 1 atom stereocenters. The number of rotatable bonds is 3. The highest BCUT2D eigenvalue weighted by molar-refractivity contribution is 5.96. The Morgan fingerprint density at radius 3 is 2.88 bits per heavy atom. The van der Waals surface area contributed by atoms with Crippen molar-refractivity contribution >= 4 is 5.91 Å². The molecule has 0 aliphatic carbocycles. The lowest BCUT2D eigenvalue weighted by molar-refractivity contribution is 0.0715. The van der Waals surface area contributed by atoms with E-state index in [-0.39, 0.29) is 11.9 Å². The molecule has 6 nitrogen and oxygen atoms in total. The van der Waals surface area contributed by atoms with E-state index in [1.165, 1.54) is 0 Å². The van der Waals surface area contributed by atoms with Crippen molar-refractivity contribution in [3.63, 3.8) is 0 Å². The number of hydrogen-bond acceptors (Lipinski definition) is 5. The van der Waals surface area contributed by atoms with Gasteiger partial charge in [-0.05, 0) is 56.0 Å². The lowest BCUT2D eigenvalue weighted by Gasteiger charge is -2.23. The van der Waals surface area contributed by atoms with Gasteiger partial charge in [-0.2, -0.15) is 0 Å². The average molecular weight is 348 g/mol. The van der Waals surface area contributed by atoms with E-state index in [4.69, 9.17) is 4.42 Å². The summed E-state index contributed by atoms with van der Waals surface area (Å²) in [6.45, 7) is 4.70. The van der Waals surface area contributed by atoms with Crippen molar-refractivity contribution in [2.45, 2.75) is 32.7 Å². The summed E-state index contributed by atoms with van der Waals surface area (Å²) < 4.78 is 5.87. The van der Waals surface area contributed by atoms with Crippen LogP contribution in [-0.4, -0.2) is 32.5 Å². The van der Waals surface area contributed by atoms with Gasteiger partial charge in [0.2, 0.25) is 11.8 Å². The first-order valence-electron chi connectivity index (χ1n) is 8.76. The van der Waals surface area contributed by atoms with Crippen LogP contribution in [-0.2, 0) is 0 Å². The molecule has 132 valence electrons. The fourth-order valence-corrected chi connectivity index (χ4v) is 3.38. The van der Waals surface area contributed by atoms with Crippen molar-refractivity contribution in [2.75, 3.05) is 6.54 Å². The highest BCUT2D eigenvalue weighted by atomic mass is 16.4. The first kappa shape index (κ1) is 16.4. The molecule has 3 heterocycles. The Morgan fingerprint density at radius 1 is 1.19 bits per heavy atom. The van der Waals surface area contributed by atoms with E-state index in [9.17, 15) is 4.79 Å². The number of carbonyl (C=O) groups is 1. The van der Waals surface area contributed by atoms with Gasteiger partial charge >= 0.3 is 0 Å². The number of aryl methyl sites for hydroxylation is 1. The van der Waals surface area contributed by atoms with E-state index in [1.807, 2.05) is 49.1 Å². The fourth-order valence-electron chi connectivity index (χ4n) is 3.38. The van der Waals surface area contributed by atoms with Crippen LogP contribution >= 0.6 is 0 Å². The number of carbonyl (C=O) groups excluding carboxylic acids is 1. The number of pyridine rings is 1. The largest absolute Gasteiger partial charge is 0.418 e. The topological polar surface area (TPSA) is 72.1 Å². The summed E-state index contributed by atoms with van der Waals surface area (Å²) in [5.41, 5.74) is 3.65. The highest BCUT2D eigenvalue weighted by Gasteiger charge is 2.35. The molecular formula is C20H20N4O2. The van der Waals surface area contributed by atoms with Crippen LogP contribution in [0.2, 0.25) is 0 Å². The molecule has 3 aromatic rings. The maximum Gasteiger partial charge on any atom is 0.254 e. The summed E-state index contributed by atoms with van der Waals surface area (Å²) in [7, 11) is 0. The molecule has 0 bridgehead atoms. The number of aromatic nitrogens is 3. The molecule has 0 saturated carbocycles. The Hall–Kier alpha value is -3.02. The number of amides is 1. The summed E-state index contributed by atoms with van der Waals surface area (Å²) in [5.74, 6) is 0.939. The Kier molecular flexibility index (Phi) is 4.24. The van der Waals surface area contributed by atoms with Crippen molar-refractivity contribution in [3.8, 4) is 11.5 Å². The van der Waals surface area contributed by atoms with Crippen molar-refractivity contribution < 1.29 is 9.21 Å². The maximum atomic E-state index is 13.1. The van der Waals surface area contributed by atoms with Gasteiger partial charge in [-0.1, -0.05) is 12.1 Å². The van der Waals surface area contributed by atoms with E-state index in [0.29, 0.717) is 18.3 Å². The van der Waals surface area contributed by atoms with Crippen molar-refractivity contribution in [3.05, 3.63) is 65.3 Å². The van der Waals surface area contributed by atoms with Crippen LogP contribution in [0.1, 0.15) is 46.3 Å². The zero-order chi connectivity index (χ0) is 18.1. The van der Waals surface area contributed by atoms with Crippen LogP contribution in [0.3, 0.4) is 0 Å². The molecule has 1 unspecified atom stereocenters. The maximum absolute atomic E-state index is 13.1. The minimum Gasteiger partial charge on any atom is -0.418 e. The molecule has 0 spiro atoms. The van der Waals surface area contributed by atoms with E-state index < -0.39 is 0 Å². The second-order valence-corrected chi connectivity index (χ2v) is 6.59. The van der Waals surface area contributed by atoms with Gasteiger partial charge in [0.1, 0.15) is 6.04 Å². The molecule has 4 rings (SSSR count). The van der Waals surface area contributed by atoms with Crippen LogP contribution < -0.4 is 0 Å². The van der Waals surface area contributed by atoms with Crippen molar-refractivity contribution in [1.29, 1.82) is 0 Å². The third-order valence-corrected chi connectivity index (χ3v) is 4.98. The van der Waals surface area contributed by atoms with Crippen LogP contribution in [0, 0.1) is 13.8 Å². The molecule has 0 N–H and O–H groups in total. The van der Waals surface area contributed by atoms with Crippen LogP contribution in [0.5, 0.6) is 0 Å². The number of benzene rings is 1. The normalized spacial score (nSPS) is 16.8. The average Bonchev–Trinajstić information content (AvgIpc) is 3.33. The standard InChI is InChI=1S/C20H20N4O2/c1-13-6-3-8-16(14(13)2)20(25)24-11-5-9-17(24)19-23-22-18(26-19)15-7-4-10-21-12-15/h3-4,6-8,10,12,17H,5,9,11H2,1-2H3. The molecule has 2 aromatic heterocycles. The lowest BCUT2D eigenvalue weighted by atomic mass is 10.0. The Balaban J connectivity index is 1.62. The molecule has 1 aliphatic rings. The van der Waals surface area contributed by atoms with Gasteiger partial charge in [0.25, 0.3) is 5.91 Å². The van der Waals surface area contributed by atoms with Gasteiger partial charge in [-0.25, -0.2) is 0 Å². The number of nitrogens with zero attached hydrogens (tertiary/aromatic N) is 4. The molecule has 0 radical (unpaired) electrons. The van der Waals surface area contributed by atoms with E-state index in [0.717, 1.165) is 35.1 Å². The smallest absolute Gasteiger partial charge is 0.254 e. The zero-order valence-corrected chi connectivity index (χ0v) is 14.8. The Morgan fingerprint density at radius 2 is 2.08 bits per heavy atom. The third kappa shape index (κ3) is 2.87. The van der Waals surface area contributed by atoms with Crippen LogP contribution in [0.25, 0.3) is 11.5 Å². The Bertz CT molecular complexity index is 936. The highest BCUT2D eigenvalue weighted by Crippen LogP contribution is 2.34. The molecule has 1 aromatic carbocycles. The van der Waals surface area contributed by atoms with Gasteiger partial charge in [-0.15, -0.1) is 10.2 Å². The van der Waals surface area contributed by atoms with E-state index >= 15 is 0 Å². The Labute approximate surface area is 151 Å². The number of likely N-dealkylation sites (tertiary alicyclic amines) is 1. The molecule has 1 saturated heterocycles. The molecule has 1 aliphatic heterocycles. The summed E-state index contributed by atoms with van der Waals surface area (Å²) in [4.78, 5) is 19.0.